The molecule has 0 saturated heterocycles. The summed E-state index contributed by atoms with van der Waals surface area (Å²) in [6.07, 6.45) is 61.2. The molecule has 0 saturated carbocycles. The molecule has 0 heterocycles. The summed E-state index contributed by atoms with van der Waals surface area (Å²) in [6, 6.07) is -0.580. The number of nitrogens with one attached hydrogen (secondary N) is 1. The summed E-state index contributed by atoms with van der Waals surface area (Å²) in [4.78, 5) is 24.5. The molecular formula is C55H103NO5. The van der Waals surface area contributed by atoms with E-state index in [4.69, 9.17) is 4.74 Å². The van der Waals surface area contributed by atoms with Crippen LogP contribution < -0.4 is 5.32 Å². The highest BCUT2D eigenvalue weighted by atomic mass is 16.5. The summed E-state index contributed by atoms with van der Waals surface area (Å²) in [5, 5.41) is 23.2. The number of amides is 1. The number of rotatable bonds is 49. The second-order valence-corrected chi connectivity index (χ2v) is 18.2. The standard InChI is InChI=1S/C55H103NO5/c1-3-5-7-9-11-13-15-17-19-21-23-25-27-29-33-37-41-45-49-55(60)61-50-46-42-38-34-30-32-36-40-44-48-54(59)56-52(51-57)53(58)47-43-39-35-31-28-26-24-22-20-18-16-14-12-10-8-6-4-2/h13,15,19,21,32,36,52-53,57-58H,3-12,14,16-18,20,22-31,33-35,37-51H2,1-2H3,(H,56,59)/b15-13-,21-19-,36-32-. The third kappa shape index (κ3) is 47.4. The molecule has 0 aromatic rings. The number of carbonyl (C=O) groups excluding carboxylic acids is 2. The molecule has 3 N–H and O–H groups in total. The van der Waals surface area contributed by atoms with Gasteiger partial charge in [-0.3, -0.25) is 9.59 Å². The molecule has 0 bridgehead atoms. The van der Waals surface area contributed by atoms with E-state index in [1.54, 1.807) is 0 Å². The Morgan fingerprint density at radius 2 is 0.836 bits per heavy atom. The molecule has 0 aromatic heterocycles. The Bertz CT molecular complexity index is 993. The largest absolute Gasteiger partial charge is 0.466 e. The van der Waals surface area contributed by atoms with Crippen molar-refractivity contribution >= 4 is 11.9 Å². The summed E-state index contributed by atoms with van der Waals surface area (Å²) in [7, 11) is 0. The third-order valence-electron chi connectivity index (χ3n) is 12.2. The SMILES string of the molecule is CCCCCC/C=C\C/C=C\CCCCCCCCCC(=O)OCCCCCC/C=C\CCCC(=O)NC(CO)C(O)CCCCCCCCCCCCCCCCCCC. The molecule has 0 rings (SSSR count). The van der Waals surface area contributed by atoms with Gasteiger partial charge in [-0.2, -0.15) is 0 Å². The zero-order valence-electron chi connectivity index (χ0n) is 40.6. The summed E-state index contributed by atoms with van der Waals surface area (Å²) in [5.74, 6) is -0.139. The van der Waals surface area contributed by atoms with Crippen LogP contribution in [0.3, 0.4) is 0 Å². The lowest BCUT2D eigenvalue weighted by molar-refractivity contribution is -0.143. The van der Waals surface area contributed by atoms with Gasteiger partial charge in [0.25, 0.3) is 0 Å². The minimum Gasteiger partial charge on any atom is -0.466 e. The van der Waals surface area contributed by atoms with Gasteiger partial charge in [0.1, 0.15) is 0 Å². The van der Waals surface area contributed by atoms with Gasteiger partial charge in [0, 0.05) is 12.8 Å². The number of aliphatic hydroxyl groups excluding tert-OH is 2. The molecule has 0 aliphatic rings. The predicted molar refractivity (Wildman–Crippen MR) is 264 cm³/mol. The molecule has 0 fully saturated rings. The highest BCUT2D eigenvalue weighted by molar-refractivity contribution is 5.76. The minimum atomic E-state index is -0.696. The highest BCUT2D eigenvalue weighted by Gasteiger charge is 2.20. The zero-order valence-corrected chi connectivity index (χ0v) is 40.6. The van der Waals surface area contributed by atoms with E-state index in [0.29, 0.717) is 25.9 Å². The van der Waals surface area contributed by atoms with Crippen LogP contribution in [0.2, 0.25) is 0 Å². The lowest BCUT2D eigenvalue weighted by atomic mass is 10.0. The maximum absolute atomic E-state index is 12.4. The molecule has 6 heteroatoms. The molecular weight excluding hydrogens is 755 g/mol. The maximum Gasteiger partial charge on any atom is 0.305 e. The van der Waals surface area contributed by atoms with E-state index in [1.165, 1.54) is 167 Å². The van der Waals surface area contributed by atoms with E-state index in [2.05, 4.69) is 55.6 Å². The normalized spacial score (nSPS) is 12.9. The molecule has 1 amide bonds. The Morgan fingerprint density at radius 1 is 0.459 bits per heavy atom. The van der Waals surface area contributed by atoms with Crippen LogP contribution in [0.5, 0.6) is 0 Å². The second kappa shape index (κ2) is 50.7. The molecule has 0 aromatic carbocycles. The summed E-state index contributed by atoms with van der Waals surface area (Å²) in [6.45, 7) is 4.85. The van der Waals surface area contributed by atoms with E-state index >= 15 is 0 Å². The van der Waals surface area contributed by atoms with Crippen molar-refractivity contribution in [2.45, 2.75) is 289 Å². The van der Waals surface area contributed by atoms with Crippen LogP contribution >= 0.6 is 0 Å². The highest BCUT2D eigenvalue weighted by Crippen LogP contribution is 2.16. The Hall–Kier alpha value is -1.92. The van der Waals surface area contributed by atoms with Gasteiger partial charge in [-0.15, -0.1) is 0 Å². The van der Waals surface area contributed by atoms with Gasteiger partial charge in [0.05, 0.1) is 25.4 Å². The van der Waals surface area contributed by atoms with E-state index in [-0.39, 0.29) is 18.5 Å². The van der Waals surface area contributed by atoms with Crippen LogP contribution in [0, 0.1) is 0 Å². The maximum atomic E-state index is 12.4. The fraction of sp³-hybridized carbons (Fsp3) is 0.855. The van der Waals surface area contributed by atoms with Crippen LogP contribution in [-0.2, 0) is 14.3 Å². The van der Waals surface area contributed by atoms with Crippen molar-refractivity contribution in [3.8, 4) is 0 Å². The molecule has 2 atom stereocenters. The molecule has 0 aliphatic carbocycles. The van der Waals surface area contributed by atoms with Gasteiger partial charge in [0.2, 0.25) is 5.91 Å². The predicted octanol–water partition coefficient (Wildman–Crippen LogP) is 16.1. The first kappa shape index (κ1) is 59.1. The van der Waals surface area contributed by atoms with E-state index in [1.807, 2.05) is 0 Å². The summed E-state index contributed by atoms with van der Waals surface area (Å²) in [5.41, 5.74) is 0. The first-order valence-electron chi connectivity index (χ1n) is 26.7. The van der Waals surface area contributed by atoms with Crippen molar-refractivity contribution in [1.82, 2.24) is 5.32 Å². The van der Waals surface area contributed by atoms with E-state index in [9.17, 15) is 19.8 Å². The van der Waals surface area contributed by atoms with Crippen LogP contribution in [0.25, 0.3) is 0 Å². The third-order valence-corrected chi connectivity index (χ3v) is 12.2. The summed E-state index contributed by atoms with van der Waals surface area (Å²) >= 11 is 0. The van der Waals surface area contributed by atoms with Gasteiger partial charge in [-0.1, -0.05) is 224 Å². The molecule has 0 aliphatic heterocycles. The molecule has 0 radical (unpaired) electrons. The lowest BCUT2D eigenvalue weighted by Crippen LogP contribution is -2.45. The number of aliphatic hydroxyl groups is 2. The number of hydrogen-bond donors (Lipinski definition) is 3. The molecule has 61 heavy (non-hydrogen) atoms. The topological polar surface area (TPSA) is 95.9 Å². The average molecular weight is 858 g/mol. The van der Waals surface area contributed by atoms with E-state index in [0.717, 1.165) is 77.0 Å². The van der Waals surface area contributed by atoms with Gasteiger partial charge < -0.3 is 20.3 Å². The number of allylic oxidation sites excluding steroid dienone is 6. The van der Waals surface area contributed by atoms with Crippen molar-refractivity contribution in [2.24, 2.45) is 0 Å². The number of unbranched alkanes of at least 4 members (excludes halogenated alkanes) is 32. The number of carbonyl (C=O) groups is 2. The lowest BCUT2D eigenvalue weighted by Gasteiger charge is -2.22. The van der Waals surface area contributed by atoms with Crippen LogP contribution in [0.4, 0.5) is 0 Å². The van der Waals surface area contributed by atoms with Crippen LogP contribution in [-0.4, -0.2) is 47.4 Å². The van der Waals surface area contributed by atoms with Crippen LogP contribution in [0.15, 0.2) is 36.5 Å². The van der Waals surface area contributed by atoms with Gasteiger partial charge in [-0.05, 0) is 77.0 Å². The molecule has 358 valence electrons. The van der Waals surface area contributed by atoms with Crippen molar-refractivity contribution in [3.05, 3.63) is 36.5 Å². The molecule has 2 unspecified atom stereocenters. The Labute approximate surface area is 379 Å². The number of esters is 1. The van der Waals surface area contributed by atoms with Crippen LogP contribution in [0.1, 0.15) is 277 Å². The Balaban J connectivity index is 3.54. The average Bonchev–Trinajstić information content (AvgIpc) is 3.26. The second-order valence-electron chi connectivity index (χ2n) is 18.2. The minimum absolute atomic E-state index is 0.0430. The van der Waals surface area contributed by atoms with Gasteiger partial charge in [-0.25, -0.2) is 0 Å². The van der Waals surface area contributed by atoms with Crippen molar-refractivity contribution < 1.29 is 24.5 Å². The van der Waals surface area contributed by atoms with Gasteiger partial charge in [0.15, 0.2) is 0 Å². The first-order valence-corrected chi connectivity index (χ1v) is 26.7. The molecule has 0 spiro atoms. The monoisotopic (exact) mass is 858 g/mol. The van der Waals surface area contributed by atoms with E-state index < -0.39 is 12.1 Å². The Morgan fingerprint density at radius 3 is 1.31 bits per heavy atom. The fourth-order valence-corrected chi connectivity index (χ4v) is 8.03. The number of hydrogen-bond acceptors (Lipinski definition) is 5. The zero-order chi connectivity index (χ0) is 44.4. The summed E-state index contributed by atoms with van der Waals surface area (Å²) < 4.78 is 5.45. The quantitative estimate of drug-likeness (QED) is 0.0322. The smallest absolute Gasteiger partial charge is 0.305 e. The first-order chi connectivity index (χ1) is 30.0. The van der Waals surface area contributed by atoms with Crippen molar-refractivity contribution in [2.75, 3.05) is 13.2 Å². The van der Waals surface area contributed by atoms with Crippen molar-refractivity contribution in [1.29, 1.82) is 0 Å². The van der Waals surface area contributed by atoms with Crippen molar-refractivity contribution in [3.63, 3.8) is 0 Å². The molecule has 6 nitrogen and oxygen atoms in total. The Kier molecular flexibility index (Phi) is 49.1. The number of ether oxygens (including phenoxy) is 1. The fourth-order valence-electron chi connectivity index (χ4n) is 8.03. The van der Waals surface area contributed by atoms with Gasteiger partial charge >= 0.3 is 5.97 Å².